The summed E-state index contributed by atoms with van der Waals surface area (Å²) >= 11 is 11.6. The molecule has 2 N–H and O–H groups in total. The lowest BCUT2D eigenvalue weighted by atomic mass is 10.1. The van der Waals surface area contributed by atoms with Crippen LogP contribution < -0.4 is 25.1 Å². The normalized spacial score (nSPS) is 14.6. The van der Waals surface area contributed by atoms with Gasteiger partial charge in [0.05, 0.1) is 25.8 Å². The number of carbonyl (C=O) groups excluding carboxylic acids is 3. The largest absolute Gasteiger partial charge is 0.497 e. The topological polar surface area (TPSA) is 100 Å². The van der Waals surface area contributed by atoms with Crippen molar-refractivity contribution in [2.24, 2.45) is 0 Å². The molecule has 0 aromatic heterocycles. The Morgan fingerprint density at radius 2 is 1.60 bits per heavy atom. The molecule has 1 fully saturated rings. The molecule has 0 radical (unpaired) electrons. The third-order valence-corrected chi connectivity index (χ3v) is 7.29. The van der Waals surface area contributed by atoms with E-state index in [4.69, 9.17) is 33.3 Å². The summed E-state index contributed by atoms with van der Waals surface area (Å²) in [5.41, 5.74) is 4.04. The van der Waals surface area contributed by atoms with E-state index in [1.807, 2.05) is 0 Å². The molecule has 3 aromatic rings. The van der Waals surface area contributed by atoms with Crippen LogP contribution in [0.3, 0.4) is 0 Å². The molecule has 3 amide bonds. The van der Waals surface area contributed by atoms with Crippen LogP contribution in [-0.4, -0.2) is 47.6 Å². The summed E-state index contributed by atoms with van der Waals surface area (Å²) in [6.07, 6.45) is 4.20. The van der Waals surface area contributed by atoms with E-state index in [1.165, 1.54) is 22.8 Å². The minimum absolute atomic E-state index is 0.0331. The average molecular weight is 609 g/mol. The number of carbonyl (C=O) groups is 3. The quantitative estimate of drug-likeness (QED) is 0.182. The number of amides is 3. The molecule has 3 aromatic carbocycles. The summed E-state index contributed by atoms with van der Waals surface area (Å²) in [6.45, 7) is 2.80. The van der Waals surface area contributed by atoms with Gasteiger partial charge in [0, 0.05) is 16.3 Å². The highest BCUT2D eigenvalue weighted by Gasteiger charge is 2.45. The van der Waals surface area contributed by atoms with Crippen molar-refractivity contribution in [1.29, 1.82) is 0 Å². The molecule has 1 unspecified atom stereocenters. The SMILES string of the molecule is CCCCCCOc1ccc(NC(=O)CC2C(=O)N(c3ccc(OC)cc3)C(=S)N2NC(=O)c2ccc(Cl)cc2)cc1. The zero-order valence-corrected chi connectivity index (χ0v) is 25.0. The third-order valence-electron chi connectivity index (χ3n) is 6.66. The van der Waals surface area contributed by atoms with Gasteiger partial charge in [-0.15, -0.1) is 0 Å². The van der Waals surface area contributed by atoms with E-state index in [0.717, 1.165) is 12.8 Å². The number of anilines is 2. The third kappa shape index (κ3) is 7.77. The van der Waals surface area contributed by atoms with Gasteiger partial charge in [0.2, 0.25) is 11.0 Å². The molecular weight excluding hydrogens is 576 g/mol. The van der Waals surface area contributed by atoms with Crippen LogP contribution in [0.1, 0.15) is 49.4 Å². The van der Waals surface area contributed by atoms with Gasteiger partial charge in [0.25, 0.3) is 11.8 Å². The first-order valence-electron chi connectivity index (χ1n) is 13.7. The molecule has 1 aliphatic heterocycles. The number of rotatable bonds is 13. The Kier molecular flexibility index (Phi) is 10.7. The minimum Gasteiger partial charge on any atom is -0.497 e. The highest BCUT2D eigenvalue weighted by atomic mass is 35.5. The van der Waals surface area contributed by atoms with Crippen molar-refractivity contribution >= 4 is 58.0 Å². The summed E-state index contributed by atoms with van der Waals surface area (Å²) in [7, 11) is 1.54. The Morgan fingerprint density at radius 1 is 0.929 bits per heavy atom. The second-order valence-electron chi connectivity index (χ2n) is 9.67. The highest BCUT2D eigenvalue weighted by molar-refractivity contribution is 7.80. The number of methoxy groups -OCH3 is 1. The van der Waals surface area contributed by atoms with Gasteiger partial charge in [-0.1, -0.05) is 37.8 Å². The zero-order valence-electron chi connectivity index (χ0n) is 23.5. The molecule has 11 heteroatoms. The number of hydrogen-bond acceptors (Lipinski definition) is 6. The number of hydrazine groups is 1. The number of nitrogens with one attached hydrogen (secondary N) is 2. The van der Waals surface area contributed by atoms with E-state index in [2.05, 4.69) is 17.7 Å². The van der Waals surface area contributed by atoms with Crippen molar-refractivity contribution in [3.05, 3.63) is 83.4 Å². The summed E-state index contributed by atoms with van der Waals surface area (Å²) in [5.74, 6) is -0.0653. The number of unbranched alkanes of at least 4 members (excludes halogenated alkanes) is 3. The first-order valence-corrected chi connectivity index (χ1v) is 14.5. The van der Waals surface area contributed by atoms with Gasteiger partial charge in [-0.05, 0) is 91.4 Å². The Hall–Kier alpha value is -4.15. The number of thiocarbonyl (C=S) groups is 1. The van der Waals surface area contributed by atoms with Crippen molar-refractivity contribution in [3.8, 4) is 11.5 Å². The summed E-state index contributed by atoms with van der Waals surface area (Å²) in [5, 5.41) is 4.59. The van der Waals surface area contributed by atoms with Gasteiger partial charge in [-0.2, -0.15) is 0 Å². The number of hydrogen-bond donors (Lipinski definition) is 2. The van der Waals surface area contributed by atoms with Crippen molar-refractivity contribution < 1.29 is 23.9 Å². The second kappa shape index (κ2) is 14.7. The van der Waals surface area contributed by atoms with Crippen LogP contribution in [0, 0.1) is 0 Å². The van der Waals surface area contributed by atoms with Crippen molar-refractivity contribution in [2.75, 3.05) is 23.9 Å². The van der Waals surface area contributed by atoms with Crippen LogP contribution >= 0.6 is 23.8 Å². The maximum absolute atomic E-state index is 13.6. The van der Waals surface area contributed by atoms with E-state index in [9.17, 15) is 14.4 Å². The van der Waals surface area contributed by atoms with E-state index in [1.54, 1.807) is 79.9 Å². The molecule has 1 heterocycles. The van der Waals surface area contributed by atoms with E-state index in [-0.39, 0.29) is 11.5 Å². The first kappa shape index (κ1) is 30.8. The maximum Gasteiger partial charge on any atom is 0.269 e. The van der Waals surface area contributed by atoms with Crippen LogP contribution in [0.2, 0.25) is 5.02 Å². The van der Waals surface area contributed by atoms with Crippen LogP contribution in [-0.2, 0) is 9.59 Å². The Morgan fingerprint density at radius 3 is 2.24 bits per heavy atom. The van der Waals surface area contributed by atoms with Crippen molar-refractivity contribution in [2.45, 2.75) is 45.1 Å². The fraction of sp³-hybridized carbons (Fsp3) is 0.290. The molecule has 0 aliphatic carbocycles. The Labute approximate surface area is 255 Å². The molecule has 1 atom stereocenters. The molecule has 0 bridgehead atoms. The minimum atomic E-state index is -1.08. The summed E-state index contributed by atoms with van der Waals surface area (Å²) < 4.78 is 11.0. The molecule has 42 heavy (non-hydrogen) atoms. The average Bonchev–Trinajstić information content (AvgIpc) is 3.22. The lowest BCUT2D eigenvalue weighted by molar-refractivity contribution is -0.124. The van der Waals surface area contributed by atoms with Gasteiger partial charge in [-0.25, -0.2) is 5.01 Å². The fourth-order valence-corrected chi connectivity index (χ4v) is 4.88. The molecule has 1 saturated heterocycles. The van der Waals surface area contributed by atoms with Crippen molar-refractivity contribution in [1.82, 2.24) is 10.4 Å². The lowest BCUT2D eigenvalue weighted by Crippen LogP contribution is -2.49. The van der Waals surface area contributed by atoms with Crippen LogP contribution in [0.15, 0.2) is 72.8 Å². The molecule has 0 saturated carbocycles. The van der Waals surface area contributed by atoms with Gasteiger partial charge in [0.15, 0.2) is 0 Å². The maximum atomic E-state index is 13.6. The molecule has 0 spiro atoms. The molecule has 4 rings (SSSR count). The zero-order chi connectivity index (χ0) is 30.1. The predicted molar refractivity (Wildman–Crippen MR) is 167 cm³/mol. The van der Waals surface area contributed by atoms with Crippen LogP contribution in [0.5, 0.6) is 11.5 Å². The smallest absolute Gasteiger partial charge is 0.269 e. The number of benzene rings is 3. The number of ether oxygens (including phenoxy) is 2. The van der Waals surface area contributed by atoms with Gasteiger partial charge in [-0.3, -0.25) is 24.7 Å². The molecule has 1 aliphatic rings. The molecule has 9 nitrogen and oxygen atoms in total. The Balaban J connectivity index is 1.47. The van der Waals surface area contributed by atoms with E-state index < -0.39 is 23.8 Å². The second-order valence-corrected chi connectivity index (χ2v) is 10.5. The van der Waals surface area contributed by atoms with Gasteiger partial charge >= 0.3 is 0 Å². The lowest BCUT2D eigenvalue weighted by Gasteiger charge is -2.24. The van der Waals surface area contributed by atoms with E-state index >= 15 is 0 Å². The molecule has 220 valence electrons. The number of halogens is 1. The summed E-state index contributed by atoms with van der Waals surface area (Å²) in [6, 6.07) is 19.0. The predicted octanol–water partition coefficient (Wildman–Crippen LogP) is 5.98. The number of nitrogens with zero attached hydrogens (tertiary/aromatic N) is 2. The van der Waals surface area contributed by atoms with Gasteiger partial charge in [0.1, 0.15) is 17.5 Å². The van der Waals surface area contributed by atoms with Gasteiger partial charge < -0.3 is 14.8 Å². The fourth-order valence-electron chi connectivity index (χ4n) is 4.38. The Bertz CT molecular complexity index is 1400. The summed E-state index contributed by atoms with van der Waals surface area (Å²) in [4.78, 5) is 41.1. The van der Waals surface area contributed by atoms with Crippen molar-refractivity contribution in [3.63, 3.8) is 0 Å². The highest BCUT2D eigenvalue weighted by Crippen LogP contribution is 2.28. The molecular formula is C31H33ClN4O5S. The first-order chi connectivity index (χ1) is 20.3. The van der Waals surface area contributed by atoms with E-state index in [0.29, 0.717) is 40.1 Å². The van der Waals surface area contributed by atoms with Crippen LogP contribution in [0.4, 0.5) is 11.4 Å². The standard InChI is InChI=1S/C31H33ClN4O5S/c1-3-4-5-6-19-41-26-15-11-23(12-16-26)33-28(37)20-27-30(39)35(24-13-17-25(40-2)18-14-24)31(42)36(27)34-29(38)21-7-9-22(32)10-8-21/h7-18,27H,3-6,19-20H2,1-2H3,(H,33,37)(H,34,38). The van der Waals surface area contributed by atoms with Crippen LogP contribution in [0.25, 0.3) is 0 Å². The monoisotopic (exact) mass is 608 g/mol.